The molecular formula is C19H23ClN4O2S2. The Balaban J connectivity index is 1.64. The van der Waals surface area contributed by atoms with E-state index in [1.807, 2.05) is 51.2 Å². The molecule has 3 aromatic rings. The molecule has 0 unspecified atom stereocenters. The van der Waals surface area contributed by atoms with Crippen molar-refractivity contribution in [3.05, 3.63) is 46.1 Å². The topological polar surface area (TPSA) is 57.9 Å². The Morgan fingerprint density at radius 3 is 2.46 bits per heavy atom. The van der Waals surface area contributed by atoms with Gasteiger partial charge in [-0.05, 0) is 25.0 Å². The third kappa shape index (κ3) is 3.32. The number of fused-ring (bicyclic) bond motifs is 1. The van der Waals surface area contributed by atoms with Crippen LogP contribution in [0, 0.1) is 6.92 Å². The molecule has 9 heteroatoms. The van der Waals surface area contributed by atoms with Crippen LogP contribution in [-0.2, 0) is 10.0 Å². The number of imidazole rings is 1. The number of nitrogens with zero attached hydrogens (tertiary/aromatic N) is 4. The molecule has 0 saturated carbocycles. The zero-order chi connectivity index (χ0) is 20.1. The molecule has 28 heavy (non-hydrogen) atoms. The molecule has 2 aromatic heterocycles. The van der Waals surface area contributed by atoms with Gasteiger partial charge in [-0.15, -0.1) is 11.3 Å². The van der Waals surface area contributed by atoms with Crippen molar-refractivity contribution in [2.24, 2.45) is 0 Å². The van der Waals surface area contributed by atoms with Gasteiger partial charge in [0.2, 0.25) is 0 Å². The van der Waals surface area contributed by atoms with E-state index in [-0.39, 0.29) is 5.92 Å². The fraction of sp³-hybridized carbons (Fsp3) is 0.421. The van der Waals surface area contributed by atoms with Crippen LogP contribution in [0.5, 0.6) is 0 Å². The lowest BCUT2D eigenvalue weighted by Crippen LogP contribution is -2.49. The van der Waals surface area contributed by atoms with Crippen LogP contribution >= 0.6 is 22.9 Å². The van der Waals surface area contributed by atoms with Gasteiger partial charge in [0.15, 0.2) is 9.99 Å². The van der Waals surface area contributed by atoms with Gasteiger partial charge >= 0.3 is 0 Å². The number of hydrogen-bond donors (Lipinski definition) is 0. The smallest absolute Gasteiger partial charge is 0.261 e. The molecule has 1 aromatic carbocycles. The van der Waals surface area contributed by atoms with Crippen LogP contribution in [0.2, 0.25) is 5.02 Å². The fourth-order valence-corrected chi connectivity index (χ4v) is 6.55. The van der Waals surface area contributed by atoms with Crippen molar-refractivity contribution in [2.45, 2.75) is 31.7 Å². The maximum absolute atomic E-state index is 13.5. The van der Waals surface area contributed by atoms with Crippen molar-refractivity contribution in [2.75, 3.05) is 31.1 Å². The summed E-state index contributed by atoms with van der Waals surface area (Å²) in [6, 6.07) is 7.67. The number of aromatic nitrogens is 2. The van der Waals surface area contributed by atoms with E-state index in [2.05, 4.69) is 9.88 Å². The lowest BCUT2D eigenvalue weighted by molar-refractivity contribution is 0.382. The van der Waals surface area contributed by atoms with Gasteiger partial charge in [0.1, 0.15) is 0 Å². The number of sulfonamides is 1. The van der Waals surface area contributed by atoms with Gasteiger partial charge in [0.05, 0.1) is 16.4 Å². The Hall–Kier alpha value is -1.61. The van der Waals surface area contributed by atoms with E-state index in [1.54, 1.807) is 8.71 Å². The molecule has 1 saturated heterocycles. The number of hydrogen-bond acceptors (Lipinski definition) is 5. The molecule has 0 aliphatic carbocycles. The first-order valence-corrected chi connectivity index (χ1v) is 11.9. The van der Waals surface area contributed by atoms with Crippen LogP contribution < -0.4 is 4.90 Å². The van der Waals surface area contributed by atoms with Crippen molar-refractivity contribution >= 4 is 43.6 Å². The second-order valence-electron chi connectivity index (χ2n) is 7.29. The minimum atomic E-state index is -3.64. The molecule has 0 spiro atoms. The van der Waals surface area contributed by atoms with Crippen molar-refractivity contribution in [1.29, 1.82) is 0 Å². The monoisotopic (exact) mass is 438 g/mol. The Kier molecular flexibility index (Phi) is 5.16. The van der Waals surface area contributed by atoms with E-state index in [1.165, 1.54) is 11.3 Å². The van der Waals surface area contributed by atoms with Crippen LogP contribution in [0.4, 0.5) is 5.69 Å². The largest absolute Gasteiger partial charge is 0.368 e. The van der Waals surface area contributed by atoms with Gasteiger partial charge in [-0.3, -0.25) is 4.40 Å². The quantitative estimate of drug-likeness (QED) is 0.618. The summed E-state index contributed by atoms with van der Waals surface area (Å²) in [5.41, 5.74) is 1.59. The lowest BCUT2D eigenvalue weighted by Gasteiger charge is -2.35. The van der Waals surface area contributed by atoms with Gasteiger partial charge in [0.25, 0.3) is 10.0 Å². The van der Waals surface area contributed by atoms with Crippen molar-refractivity contribution in [3.8, 4) is 0 Å². The van der Waals surface area contributed by atoms with Crippen molar-refractivity contribution in [1.82, 2.24) is 13.7 Å². The second-order valence-corrected chi connectivity index (χ2v) is 10.8. The number of para-hydroxylation sites is 1. The number of rotatable bonds is 4. The highest BCUT2D eigenvalue weighted by Crippen LogP contribution is 2.32. The maximum Gasteiger partial charge on any atom is 0.261 e. The minimum Gasteiger partial charge on any atom is -0.368 e. The Labute approximate surface area is 174 Å². The van der Waals surface area contributed by atoms with Crippen molar-refractivity contribution in [3.63, 3.8) is 0 Å². The van der Waals surface area contributed by atoms with Crippen LogP contribution in [-0.4, -0.2) is 48.3 Å². The number of piperazine rings is 1. The predicted octanol–water partition coefficient (Wildman–Crippen LogP) is 3.99. The SMILES string of the molecule is Cc1cn2c(S(=O)(=O)N3CCN(c4ccccc4Cl)CC3)c(C(C)C)nc2s1. The Morgan fingerprint density at radius 2 is 1.82 bits per heavy atom. The molecule has 3 heterocycles. The van der Waals surface area contributed by atoms with Gasteiger partial charge in [-0.1, -0.05) is 37.6 Å². The highest BCUT2D eigenvalue weighted by Gasteiger charge is 2.35. The highest BCUT2D eigenvalue weighted by molar-refractivity contribution is 7.89. The number of halogens is 1. The molecule has 4 rings (SSSR count). The number of aryl methyl sites for hydroxylation is 1. The number of thiazole rings is 1. The Morgan fingerprint density at radius 1 is 1.14 bits per heavy atom. The van der Waals surface area contributed by atoms with E-state index in [9.17, 15) is 8.42 Å². The molecule has 0 amide bonds. The summed E-state index contributed by atoms with van der Waals surface area (Å²) in [5.74, 6) is 0.0293. The molecule has 1 fully saturated rings. The van der Waals surface area contributed by atoms with Crippen LogP contribution in [0.1, 0.15) is 30.3 Å². The summed E-state index contributed by atoms with van der Waals surface area (Å²) >= 11 is 7.82. The molecule has 0 bridgehead atoms. The second kappa shape index (κ2) is 7.33. The molecule has 0 radical (unpaired) electrons. The van der Waals surface area contributed by atoms with E-state index < -0.39 is 10.0 Å². The van der Waals surface area contributed by atoms with Crippen molar-refractivity contribution < 1.29 is 8.42 Å². The number of benzene rings is 1. The van der Waals surface area contributed by atoms with E-state index in [0.29, 0.717) is 41.9 Å². The van der Waals surface area contributed by atoms with Crippen LogP contribution in [0.15, 0.2) is 35.5 Å². The fourth-order valence-electron chi connectivity index (χ4n) is 3.59. The zero-order valence-electron chi connectivity index (χ0n) is 16.1. The lowest BCUT2D eigenvalue weighted by atomic mass is 10.2. The highest BCUT2D eigenvalue weighted by atomic mass is 35.5. The van der Waals surface area contributed by atoms with Gasteiger partial charge in [-0.2, -0.15) is 4.31 Å². The normalized spacial score (nSPS) is 16.4. The maximum atomic E-state index is 13.5. The molecule has 6 nitrogen and oxygen atoms in total. The predicted molar refractivity (Wildman–Crippen MR) is 114 cm³/mol. The average molecular weight is 439 g/mol. The summed E-state index contributed by atoms with van der Waals surface area (Å²) < 4.78 is 30.4. The zero-order valence-corrected chi connectivity index (χ0v) is 18.5. The summed E-state index contributed by atoms with van der Waals surface area (Å²) in [5, 5.41) is 1.00. The minimum absolute atomic E-state index is 0.0293. The number of anilines is 1. The summed E-state index contributed by atoms with van der Waals surface area (Å²) in [6.07, 6.45) is 1.87. The molecule has 0 atom stereocenters. The van der Waals surface area contributed by atoms with Crippen LogP contribution in [0.25, 0.3) is 4.96 Å². The first kappa shape index (κ1) is 19.7. The van der Waals surface area contributed by atoms with E-state index in [0.717, 1.165) is 15.5 Å². The summed E-state index contributed by atoms with van der Waals surface area (Å²) in [7, 11) is -3.64. The van der Waals surface area contributed by atoms with Gasteiger partial charge < -0.3 is 4.90 Å². The molecule has 0 N–H and O–H groups in total. The molecule has 1 aliphatic rings. The Bertz CT molecular complexity index is 1110. The summed E-state index contributed by atoms with van der Waals surface area (Å²) in [4.78, 5) is 8.52. The standard InChI is InChI=1S/C19H23ClN4O2S2/c1-13(2)17-18(24-12-14(3)27-19(24)21-17)28(25,26)23-10-8-22(9-11-23)16-7-5-4-6-15(16)20/h4-7,12-13H,8-11H2,1-3H3. The average Bonchev–Trinajstić information content (AvgIpc) is 3.18. The van der Waals surface area contributed by atoms with E-state index >= 15 is 0 Å². The van der Waals surface area contributed by atoms with Gasteiger partial charge in [-0.25, -0.2) is 13.4 Å². The van der Waals surface area contributed by atoms with Gasteiger partial charge in [0, 0.05) is 37.3 Å². The molecule has 150 valence electrons. The van der Waals surface area contributed by atoms with E-state index in [4.69, 9.17) is 11.6 Å². The third-order valence-corrected chi connectivity index (χ3v) is 8.14. The first-order valence-electron chi connectivity index (χ1n) is 9.27. The first-order chi connectivity index (χ1) is 13.3. The molecular weight excluding hydrogens is 416 g/mol. The third-order valence-electron chi connectivity index (χ3n) is 4.99. The van der Waals surface area contributed by atoms with Crippen LogP contribution in [0.3, 0.4) is 0 Å². The molecule has 1 aliphatic heterocycles. The summed E-state index contributed by atoms with van der Waals surface area (Å²) in [6.45, 7) is 7.96.